The van der Waals surface area contributed by atoms with Crippen LogP contribution in [-0.2, 0) is 17.3 Å². The SMILES string of the molecule is CCCCCCCOc1ccc(CCC(N)(CO)CCOC)cc1C(F)(F)F. The first kappa shape index (κ1) is 24.7. The van der Waals surface area contributed by atoms with Crippen LogP contribution in [0.5, 0.6) is 5.75 Å². The second-order valence-corrected chi connectivity index (χ2v) is 7.35. The van der Waals surface area contributed by atoms with Gasteiger partial charge in [0, 0.05) is 19.3 Å². The number of methoxy groups -OCH3 is 1. The lowest BCUT2D eigenvalue weighted by atomic mass is 9.89. The lowest BCUT2D eigenvalue weighted by Gasteiger charge is -2.27. The van der Waals surface area contributed by atoms with Crippen molar-refractivity contribution in [2.24, 2.45) is 5.73 Å². The summed E-state index contributed by atoms with van der Waals surface area (Å²) < 4.78 is 50.7. The van der Waals surface area contributed by atoms with Crippen LogP contribution in [0.1, 0.15) is 63.0 Å². The summed E-state index contributed by atoms with van der Waals surface area (Å²) >= 11 is 0. The van der Waals surface area contributed by atoms with E-state index in [0.717, 1.165) is 38.2 Å². The molecule has 0 fully saturated rings. The van der Waals surface area contributed by atoms with Crippen molar-refractivity contribution in [3.8, 4) is 5.75 Å². The maximum Gasteiger partial charge on any atom is 0.419 e. The van der Waals surface area contributed by atoms with E-state index >= 15 is 0 Å². The molecule has 0 bridgehead atoms. The van der Waals surface area contributed by atoms with Gasteiger partial charge in [0.05, 0.1) is 18.8 Å². The predicted octanol–water partition coefficient (Wildman–Crippen LogP) is 4.71. The molecule has 1 rings (SSSR count). The first-order chi connectivity index (χ1) is 13.3. The molecule has 0 spiro atoms. The van der Waals surface area contributed by atoms with Crippen molar-refractivity contribution in [1.29, 1.82) is 0 Å². The van der Waals surface area contributed by atoms with Gasteiger partial charge in [0.1, 0.15) is 5.75 Å². The zero-order chi connectivity index (χ0) is 21.0. The zero-order valence-electron chi connectivity index (χ0n) is 17.0. The quantitative estimate of drug-likeness (QED) is 0.440. The summed E-state index contributed by atoms with van der Waals surface area (Å²) in [6.07, 6.45) is 1.66. The highest BCUT2D eigenvalue weighted by Gasteiger charge is 2.35. The third kappa shape index (κ3) is 8.80. The Morgan fingerprint density at radius 1 is 1.04 bits per heavy atom. The molecular formula is C21H34F3NO3. The molecule has 0 radical (unpaired) electrons. The first-order valence-corrected chi connectivity index (χ1v) is 9.97. The number of halogens is 3. The number of nitrogens with two attached hydrogens (primary N) is 1. The molecule has 0 saturated carbocycles. The van der Waals surface area contributed by atoms with Gasteiger partial charge in [-0.2, -0.15) is 13.2 Å². The maximum atomic E-state index is 13.4. The van der Waals surface area contributed by atoms with Gasteiger partial charge in [-0.05, 0) is 43.4 Å². The van der Waals surface area contributed by atoms with Gasteiger partial charge in [0.2, 0.25) is 0 Å². The topological polar surface area (TPSA) is 64.7 Å². The molecule has 3 N–H and O–H groups in total. The second-order valence-electron chi connectivity index (χ2n) is 7.35. The number of aliphatic hydroxyl groups is 1. The number of aliphatic hydroxyl groups excluding tert-OH is 1. The van der Waals surface area contributed by atoms with Gasteiger partial charge in [-0.1, -0.05) is 38.7 Å². The van der Waals surface area contributed by atoms with E-state index in [1.807, 2.05) is 0 Å². The van der Waals surface area contributed by atoms with E-state index in [0.29, 0.717) is 31.4 Å². The van der Waals surface area contributed by atoms with Crippen LogP contribution in [0.25, 0.3) is 0 Å². The van der Waals surface area contributed by atoms with Crippen molar-refractivity contribution < 1.29 is 27.8 Å². The molecule has 162 valence electrons. The minimum absolute atomic E-state index is 0.132. The van der Waals surface area contributed by atoms with Crippen molar-refractivity contribution in [3.63, 3.8) is 0 Å². The Hall–Kier alpha value is -1.31. The van der Waals surface area contributed by atoms with Crippen molar-refractivity contribution >= 4 is 0 Å². The summed E-state index contributed by atoms with van der Waals surface area (Å²) in [7, 11) is 1.54. The Labute approximate surface area is 166 Å². The van der Waals surface area contributed by atoms with Crippen molar-refractivity contribution in [2.45, 2.75) is 70.0 Å². The van der Waals surface area contributed by atoms with E-state index in [4.69, 9.17) is 15.2 Å². The van der Waals surface area contributed by atoms with Gasteiger partial charge in [0.25, 0.3) is 0 Å². The lowest BCUT2D eigenvalue weighted by molar-refractivity contribution is -0.139. The molecular weight excluding hydrogens is 371 g/mol. The Morgan fingerprint density at radius 2 is 1.75 bits per heavy atom. The van der Waals surface area contributed by atoms with E-state index < -0.39 is 17.3 Å². The highest BCUT2D eigenvalue weighted by molar-refractivity contribution is 5.39. The molecule has 0 aliphatic rings. The second kappa shape index (κ2) is 12.3. The smallest absolute Gasteiger partial charge is 0.419 e. The number of rotatable bonds is 14. The minimum Gasteiger partial charge on any atom is -0.493 e. The van der Waals surface area contributed by atoms with Crippen molar-refractivity contribution in [1.82, 2.24) is 0 Å². The number of unbranched alkanes of at least 4 members (excludes halogenated alkanes) is 4. The largest absolute Gasteiger partial charge is 0.493 e. The van der Waals surface area contributed by atoms with E-state index in [1.54, 1.807) is 6.07 Å². The fraction of sp³-hybridized carbons (Fsp3) is 0.714. The molecule has 0 saturated heterocycles. The van der Waals surface area contributed by atoms with Crippen LogP contribution in [0.15, 0.2) is 18.2 Å². The molecule has 1 atom stereocenters. The summed E-state index contributed by atoms with van der Waals surface area (Å²) in [4.78, 5) is 0. The Morgan fingerprint density at radius 3 is 2.36 bits per heavy atom. The molecule has 0 aromatic heterocycles. The Kier molecular flexibility index (Phi) is 10.9. The third-order valence-electron chi connectivity index (χ3n) is 4.89. The fourth-order valence-electron chi connectivity index (χ4n) is 2.95. The molecule has 28 heavy (non-hydrogen) atoms. The molecule has 7 heteroatoms. The van der Waals surface area contributed by atoms with Crippen molar-refractivity contribution in [3.05, 3.63) is 29.3 Å². The molecule has 0 heterocycles. The van der Waals surface area contributed by atoms with E-state index in [9.17, 15) is 18.3 Å². The first-order valence-electron chi connectivity index (χ1n) is 9.97. The van der Waals surface area contributed by atoms with Crippen LogP contribution in [0.4, 0.5) is 13.2 Å². The number of hydrogen-bond acceptors (Lipinski definition) is 4. The summed E-state index contributed by atoms with van der Waals surface area (Å²) in [5, 5.41) is 9.51. The van der Waals surface area contributed by atoms with Crippen LogP contribution in [-0.4, -0.2) is 37.6 Å². The van der Waals surface area contributed by atoms with E-state index in [2.05, 4.69) is 6.92 Å². The van der Waals surface area contributed by atoms with E-state index in [1.165, 1.54) is 13.2 Å². The monoisotopic (exact) mass is 405 g/mol. The van der Waals surface area contributed by atoms with Gasteiger partial charge in [0.15, 0.2) is 0 Å². The van der Waals surface area contributed by atoms with Crippen molar-refractivity contribution in [2.75, 3.05) is 26.9 Å². The average Bonchev–Trinajstić information content (AvgIpc) is 2.67. The predicted molar refractivity (Wildman–Crippen MR) is 105 cm³/mol. The van der Waals surface area contributed by atoms with Crippen LogP contribution in [0.2, 0.25) is 0 Å². The van der Waals surface area contributed by atoms with Gasteiger partial charge in [-0.3, -0.25) is 0 Å². The number of ether oxygens (including phenoxy) is 2. The molecule has 1 unspecified atom stereocenters. The zero-order valence-corrected chi connectivity index (χ0v) is 17.0. The minimum atomic E-state index is -4.49. The third-order valence-corrected chi connectivity index (χ3v) is 4.89. The van der Waals surface area contributed by atoms with Crippen LogP contribution >= 0.6 is 0 Å². The van der Waals surface area contributed by atoms with Gasteiger partial charge < -0.3 is 20.3 Å². The highest BCUT2D eigenvalue weighted by atomic mass is 19.4. The highest BCUT2D eigenvalue weighted by Crippen LogP contribution is 2.37. The average molecular weight is 406 g/mol. The van der Waals surface area contributed by atoms with Gasteiger partial charge in [-0.15, -0.1) is 0 Å². The Bertz CT molecular complexity index is 566. The number of aryl methyl sites for hydroxylation is 1. The summed E-state index contributed by atoms with van der Waals surface area (Å²) in [5.74, 6) is -0.132. The molecule has 4 nitrogen and oxygen atoms in total. The molecule has 1 aromatic rings. The number of alkyl halides is 3. The van der Waals surface area contributed by atoms with Gasteiger partial charge in [-0.25, -0.2) is 0 Å². The molecule has 0 amide bonds. The molecule has 0 aliphatic carbocycles. The van der Waals surface area contributed by atoms with Crippen LogP contribution < -0.4 is 10.5 Å². The number of benzene rings is 1. The molecule has 1 aromatic carbocycles. The van der Waals surface area contributed by atoms with Crippen LogP contribution in [0, 0.1) is 0 Å². The maximum absolute atomic E-state index is 13.4. The molecule has 0 aliphatic heterocycles. The number of hydrogen-bond donors (Lipinski definition) is 2. The normalized spacial score (nSPS) is 14.1. The summed E-state index contributed by atoms with van der Waals surface area (Å²) in [5.41, 5.74) is 5.01. The van der Waals surface area contributed by atoms with E-state index in [-0.39, 0.29) is 19.0 Å². The Balaban J connectivity index is 2.74. The fourth-order valence-corrected chi connectivity index (χ4v) is 2.95. The summed E-state index contributed by atoms with van der Waals surface area (Å²) in [6, 6.07) is 4.15. The standard InChI is InChI=1S/C21H34F3NO3/c1-3-4-5-6-7-13-28-19-9-8-17(15-18(19)21(22,23)24)10-11-20(25,16-26)12-14-27-2/h8-9,15,26H,3-7,10-14,16,25H2,1-2H3. The van der Waals surface area contributed by atoms with Gasteiger partial charge >= 0.3 is 6.18 Å². The van der Waals surface area contributed by atoms with Crippen LogP contribution in [0.3, 0.4) is 0 Å². The summed E-state index contributed by atoms with van der Waals surface area (Å²) in [6.45, 7) is 2.53. The lowest BCUT2D eigenvalue weighted by Crippen LogP contribution is -2.45.